The smallest absolute Gasteiger partial charge is 0.0243 e. The molecule has 0 aromatic carbocycles. The highest BCUT2D eigenvalue weighted by atomic mass is 15.5. The highest BCUT2D eigenvalue weighted by Gasteiger charge is 2.17. The van der Waals surface area contributed by atoms with Crippen LogP contribution in [0.15, 0.2) is 24.3 Å². The van der Waals surface area contributed by atoms with Gasteiger partial charge in [-0.25, -0.2) is 5.01 Å². The summed E-state index contributed by atoms with van der Waals surface area (Å²) in [7, 11) is 0. The van der Waals surface area contributed by atoms with E-state index in [0.717, 1.165) is 12.6 Å². The molecule has 0 fully saturated rings. The van der Waals surface area contributed by atoms with Crippen molar-refractivity contribution in [3.05, 3.63) is 24.3 Å². The molecule has 1 aliphatic heterocycles. The molecule has 1 heterocycles. The molecule has 0 atom stereocenters. The van der Waals surface area contributed by atoms with E-state index in [-0.39, 0.29) is 0 Å². The maximum atomic E-state index is 3.66. The van der Waals surface area contributed by atoms with Crippen LogP contribution in [0, 0.1) is 0 Å². The van der Waals surface area contributed by atoms with E-state index in [2.05, 4.69) is 34.7 Å². The Bertz CT molecular complexity index is 218. The first kappa shape index (κ1) is 13.8. The van der Waals surface area contributed by atoms with Gasteiger partial charge in [-0.3, -0.25) is 5.43 Å². The van der Waals surface area contributed by atoms with Crippen LogP contribution in [0.25, 0.3) is 0 Å². The highest BCUT2D eigenvalue weighted by molar-refractivity contribution is 4.87. The van der Waals surface area contributed by atoms with Crippen molar-refractivity contribution in [1.29, 1.82) is 0 Å². The fourth-order valence-electron chi connectivity index (χ4n) is 2.93. The van der Waals surface area contributed by atoms with Gasteiger partial charge in [-0.05, 0) is 57.8 Å². The lowest BCUT2D eigenvalue weighted by Crippen LogP contribution is -2.46. The largest absolute Gasteiger partial charge is 0.255 e. The summed E-state index contributed by atoms with van der Waals surface area (Å²) in [4.78, 5) is 0. The van der Waals surface area contributed by atoms with E-state index in [1.807, 2.05) is 0 Å². The molecule has 0 radical (unpaired) electrons. The summed E-state index contributed by atoms with van der Waals surface area (Å²) in [5, 5.41) is 2.55. The Labute approximate surface area is 112 Å². The van der Waals surface area contributed by atoms with Crippen molar-refractivity contribution < 1.29 is 0 Å². The molecule has 0 aromatic rings. The number of rotatable bonds is 1. The van der Waals surface area contributed by atoms with Crippen LogP contribution in [0.2, 0.25) is 0 Å². The van der Waals surface area contributed by atoms with E-state index in [1.54, 1.807) is 0 Å². The summed E-state index contributed by atoms with van der Waals surface area (Å²) in [6.07, 6.45) is 21.1. The lowest BCUT2D eigenvalue weighted by atomic mass is 10.0. The highest BCUT2D eigenvalue weighted by Crippen LogP contribution is 2.18. The Hall–Kier alpha value is -0.600. The average molecular weight is 248 g/mol. The van der Waals surface area contributed by atoms with Crippen LogP contribution in [-0.2, 0) is 0 Å². The molecule has 0 saturated carbocycles. The summed E-state index contributed by atoms with van der Waals surface area (Å²) in [5.74, 6) is 0. The van der Waals surface area contributed by atoms with Gasteiger partial charge < -0.3 is 0 Å². The zero-order valence-corrected chi connectivity index (χ0v) is 11.6. The average Bonchev–Trinajstić information content (AvgIpc) is 2.61. The van der Waals surface area contributed by atoms with Crippen molar-refractivity contribution in [2.24, 2.45) is 0 Å². The standard InChI is InChI=1S/C16H28N2/c1-2-5-9-13-16(12-8-4-1)18-15-11-7-3-6-10-14-17-18/h1-3,6,16-17H,4-5,7-15H2/b2-1-,6-3-. The van der Waals surface area contributed by atoms with Crippen LogP contribution in [0.3, 0.4) is 0 Å². The second-order valence-electron chi connectivity index (χ2n) is 5.49. The first-order chi connectivity index (χ1) is 8.97. The van der Waals surface area contributed by atoms with Gasteiger partial charge >= 0.3 is 0 Å². The molecule has 0 aromatic heterocycles. The topological polar surface area (TPSA) is 15.3 Å². The van der Waals surface area contributed by atoms with Crippen molar-refractivity contribution in [3.8, 4) is 0 Å². The zero-order valence-electron chi connectivity index (χ0n) is 11.6. The van der Waals surface area contributed by atoms with E-state index in [4.69, 9.17) is 0 Å². The van der Waals surface area contributed by atoms with Gasteiger partial charge in [0, 0.05) is 19.1 Å². The van der Waals surface area contributed by atoms with E-state index >= 15 is 0 Å². The maximum absolute atomic E-state index is 3.66. The van der Waals surface area contributed by atoms with Crippen molar-refractivity contribution in [3.63, 3.8) is 0 Å². The quantitative estimate of drug-likeness (QED) is 0.710. The Balaban J connectivity index is 1.85. The second-order valence-corrected chi connectivity index (χ2v) is 5.49. The molecule has 18 heavy (non-hydrogen) atoms. The monoisotopic (exact) mass is 248 g/mol. The van der Waals surface area contributed by atoms with Crippen LogP contribution >= 0.6 is 0 Å². The number of hydrogen-bond donors (Lipinski definition) is 1. The first-order valence-corrected chi connectivity index (χ1v) is 7.77. The lowest BCUT2D eigenvalue weighted by Gasteiger charge is -2.32. The lowest BCUT2D eigenvalue weighted by molar-refractivity contribution is 0.108. The summed E-state index contributed by atoms with van der Waals surface area (Å²) >= 11 is 0. The third-order valence-electron chi connectivity index (χ3n) is 3.99. The molecular formula is C16H28N2. The van der Waals surface area contributed by atoms with Gasteiger partial charge in [-0.1, -0.05) is 24.3 Å². The Morgan fingerprint density at radius 2 is 1.39 bits per heavy atom. The Morgan fingerprint density at radius 3 is 2.11 bits per heavy atom. The van der Waals surface area contributed by atoms with E-state index in [0.29, 0.717) is 0 Å². The number of hydrogen-bond acceptors (Lipinski definition) is 2. The summed E-state index contributed by atoms with van der Waals surface area (Å²) in [5.41, 5.74) is 3.66. The second kappa shape index (κ2) is 8.49. The summed E-state index contributed by atoms with van der Waals surface area (Å²) < 4.78 is 0. The predicted molar refractivity (Wildman–Crippen MR) is 78.3 cm³/mol. The van der Waals surface area contributed by atoms with Gasteiger partial charge in [0.05, 0.1) is 0 Å². The molecule has 0 amide bonds. The molecule has 2 aliphatic rings. The van der Waals surface area contributed by atoms with Gasteiger partial charge in [0.25, 0.3) is 0 Å². The van der Waals surface area contributed by atoms with Gasteiger partial charge in [-0.15, -0.1) is 0 Å². The fourth-order valence-corrected chi connectivity index (χ4v) is 2.93. The van der Waals surface area contributed by atoms with E-state index < -0.39 is 0 Å². The molecule has 2 rings (SSSR count). The number of nitrogens with zero attached hydrogens (tertiary/aromatic N) is 1. The Kier molecular flexibility index (Phi) is 6.52. The molecule has 102 valence electrons. The first-order valence-electron chi connectivity index (χ1n) is 7.77. The minimum absolute atomic E-state index is 0.753. The molecular weight excluding hydrogens is 220 g/mol. The molecule has 1 aliphatic carbocycles. The molecule has 0 saturated heterocycles. The normalized spacial score (nSPS) is 29.1. The van der Waals surface area contributed by atoms with Crippen molar-refractivity contribution in [2.75, 3.05) is 13.1 Å². The van der Waals surface area contributed by atoms with Gasteiger partial charge in [-0.2, -0.15) is 0 Å². The van der Waals surface area contributed by atoms with Crippen LogP contribution in [0.5, 0.6) is 0 Å². The van der Waals surface area contributed by atoms with Crippen molar-refractivity contribution in [1.82, 2.24) is 10.4 Å². The van der Waals surface area contributed by atoms with Crippen molar-refractivity contribution in [2.45, 2.75) is 63.8 Å². The SMILES string of the molecule is C1=C\CCCC(N2CCC/C=C\CCN2)CCC/1. The molecule has 0 spiro atoms. The fraction of sp³-hybridized carbons (Fsp3) is 0.750. The number of allylic oxidation sites excluding steroid dienone is 3. The summed E-state index contributed by atoms with van der Waals surface area (Å²) in [6, 6.07) is 0.753. The van der Waals surface area contributed by atoms with Gasteiger partial charge in [0.1, 0.15) is 0 Å². The zero-order chi connectivity index (χ0) is 12.5. The van der Waals surface area contributed by atoms with Crippen LogP contribution in [0.4, 0.5) is 0 Å². The van der Waals surface area contributed by atoms with E-state index in [1.165, 1.54) is 64.3 Å². The predicted octanol–water partition coefficient (Wildman–Crippen LogP) is 3.81. The minimum Gasteiger partial charge on any atom is -0.255 e. The third kappa shape index (κ3) is 4.95. The van der Waals surface area contributed by atoms with Crippen LogP contribution in [-0.4, -0.2) is 24.1 Å². The summed E-state index contributed by atoms with van der Waals surface area (Å²) in [6.45, 7) is 2.31. The molecule has 2 nitrogen and oxygen atoms in total. The molecule has 1 N–H and O–H groups in total. The minimum atomic E-state index is 0.753. The van der Waals surface area contributed by atoms with Gasteiger partial charge in [0.2, 0.25) is 0 Å². The third-order valence-corrected chi connectivity index (χ3v) is 3.99. The van der Waals surface area contributed by atoms with Crippen LogP contribution in [0.1, 0.15) is 57.8 Å². The molecule has 0 bridgehead atoms. The maximum Gasteiger partial charge on any atom is 0.0243 e. The van der Waals surface area contributed by atoms with E-state index in [9.17, 15) is 0 Å². The number of nitrogens with one attached hydrogen (secondary N) is 1. The molecule has 2 heteroatoms. The Morgan fingerprint density at radius 1 is 0.778 bits per heavy atom. The van der Waals surface area contributed by atoms with Crippen LogP contribution < -0.4 is 5.43 Å². The van der Waals surface area contributed by atoms with Gasteiger partial charge in [0.15, 0.2) is 0 Å². The number of hydrazine groups is 1. The molecule has 0 unspecified atom stereocenters. The van der Waals surface area contributed by atoms with Crippen molar-refractivity contribution >= 4 is 0 Å².